The first-order valence-corrected chi connectivity index (χ1v) is 9.04. The lowest BCUT2D eigenvalue weighted by Gasteiger charge is -2.23. The number of carboxylic acid groups (broad SMARTS) is 1. The second kappa shape index (κ2) is 9.67. The van der Waals surface area contributed by atoms with Crippen LogP contribution in [0.2, 0.25) is 0 Å². The molecular weight excluding hydrogens is 382 g/mol. The second-order valence-electron chi connectivity index (χ2n) is 7.20. The van der Waals surface area contributed by atoms with Crippen LogP contribution in [0.4, 0.5) is 17.6 Å². The number of halogens is 4. The lowest BCUT2D eigenvalue weighted by atomic mass is 9.92. The molecule has 2 heterocycles. The van der Waals surface area contributed by atoms with Crippen molar-refractivity contribution in [1.82, 2.24) is 4.90 Å². The minimum absolute atomic E-state index is 0.00364. The molecule has 158 valence electrons. The fourth-order valence-electron chi connectivity index (χ4n) is 3.62. The molecule has 1 aromatic rings. The van der Waals surface area contributed by atoms with Crippen LogP contribution in [-0.2, 0) is 20.8 Å². The molecule has 2 fully saturated rings. The van der Waals surface area contributed by atoms with Gasteiger partial charge in [-0.05, 0) is 31.2 Å². The Morgan fingerprint density at radius 3 is 2.68 bits per heavy atom. The summed E-state index contributed by atoms with van der Waals surface area (Å²) < 4.78 is 56.8. The number of methoxy groups -OCH3 is 1. The molecule has 5 nitrogen and oxygen atoms in total. The van der Waals surface area contributed by atoms with Gasteiger partial charge in [-0.15, -0.1) is 0 Å². The standard InChI is InChI=1S/C17H24FNO2.C2HF3O2/c1-20-9-6-14-10-17(21-12-14)7-8-19(13-17)11-15-4-2-3-5-16(15)18;3-2(4,5)1(6)7/h2-5,14H,6-13H2,1H3;(H,6,7). The summed E-state index contributed by atoms with van der Waals surface area (Å²) in [5.74, 6) is -2.25. The van der Waals surface area contributed by atoms with E-state index in [1.807, 2.05) is 12.1 Å². The average Bonchev–Trinajstić information content (AvgIpc) is 3.21. The van der Waals surface area contributed by atoms with E-state index in [0.29, 0.717) is 12.5 Å². The van der Waals surface area contributed by atoms with Crippen LogP contribution in [0.1, 0.15) is 24.8 Å². The highest BCUT2D eigenvalue weighted by atomic mass is 19.4. The molecular formula is C19H25F4NO4. The molecule has 2 saturated heterocycles. The zero-order valence-electron chi connectivity index (χ0n) is 15.7. The van der Waals surface area contributed by atoms with E-state index in [0.717, 1.165) is 51.1 Å². The number of hydrogen-bond donors (Lipinski definition) is 1. The zero-order valence-corrected chi connectivity index (χ0v) is 15.7. The quantitative estimate of drug-likeness (QED) is 0.758. The number of ether oxygens (including phenoxy) is 2. The summed E-state index contributed by atoms with van der Waals surface area (Å²) in [7, 11) is 1.75. The van der Waals surface area contributed by atoms with E-state index in [9.17, 15) is 17.6 Å². The molecule has 2 unspecified atom stereocenters. The van der Waals surface area contributed by atoms with Crippen LogP contribution < -0.4 is 0 Å². The Morgan fingerprint density at radius 2 is 2.07 bits per heavy atom. The number of carbonyl (C=O) groups is 1. The lowest BCUT2D eigenvalue weighted by Crippen LogP contribution is -2.32. The van der Waals surface area contributed by atoms with Gasteiger partial charge in [0.15, 0.2) is 0 Å². The van der Waals surface area contributed by atoms with E-state index in [1.54, 1.807) is 13.2 Å². The molecule has 1 N–H and O–H groups in total. The van der Waals surface area contributed by atoms with Crippen LogP contribution in [0.3, 0.4) is 0 Å². The molecule has 0 aliphatic carbocycles. The molecule has 0 amide bonds. The van der Waals surface area contributed by atoms with E-state index >= 15 is 0 Å². The Bertz CT molecular complexity index is 655. The molecule has 0 bridgehead atoms. The van der Waals surface area contributed by atoms with E-state index in [1.165, 1.54) is 6.07 Å². The third kappa shape index (κ3) is 6.42. The highest BCUT2D eigenvalue weighted by Crippen LogP contribution is 2.39. The molecule has 3 rings (SSSR count). The number of aliphatic carboxylic acids is 1. The first kappa shape index (κ1) is 22.6. The highest BCUT2D eigenvalue weighted by molar-refractivity contribution is 5.73. The van der Waals surface area contributed by atoms with Gasteiger partial charge in [0.25, 0.3) is 0 Å². The summed E-state index contributed by atoms with van der Waals surface area (Å²) in [6.07, 6.45) is -1.83. The van der Waals surface area contributed by atoms with Crippen molar-refractivity contribution in [1.29, 1.82) is 0 Å². The molecule has 9 heteroatoms. The molecule has 28 heavy (non-hydrogen) atoms. The third-order valence-electron chi connectivity index (χ3n) is 5.01. The van der Waals surface area contributed by atoms with E-state index in [-0.39, 0.29) is 11.4 Å². The number of rotatable bonds is 5. The van der Waals surface area contributed by atoms with Gasteiger partial charge in [-0.25, -0.2) is 9.18 Å². The first-order chi connectivity index (χ1) is 13.1. The van der Waals surface area contributed by atoms with Crippen molar-refractivity contribution in [2.45, 2.75) is 37.6 Å². The van der Waals surface area contributed by atoms with Crippen molar-refractivity contribution in [3.63, 3.8) is 0 Å². The van der Waals surface area contributed by atoms with Crippen LogP contribution in [0.5, 0.6) is 0 Å². The smallest absolute Gasteiger partial charge is 0.475 e. The van der Waals surface area contributed by atoms with Crippen LogP contribution in [0.15, 0.2) is 24.3 Å². The minimum atomic E-state index is -5.08. The molecule has 0 aromatic heterocycles. The number of alkyl halides is 3. The number of nitrogens with zero attached hydrogens (tertiary/aromatic N) is 1. The predicted octanol–water partition coefficient (Wildman–Crippen LogP) is 3.48. The summed E-state index contributed by atoms with van der Waals surface area (Å²) >= 11 is 0. The van der Waals surface area contributed by atoms with Gasteiger partial charge in [0.05, 0.1) is 12.2 Å². The van der Waals surface area contributed by atoms with Crippen molar-refractivity contribution in [3.8, 4) is 0 Å². The molecule has 1 spiro atoms. The van der Waals surface area contributed by atoms with E-state index in [4.69, 9.17) is 19.4 Å². The van der Waals surface area contributed by atoms with E-state index < -0.39 is 12.1 Å². The van der Waals surface area contributed by atoms with Crippen LogP contribution in [-0.4, -0.2) is 61.2 Å². The SMILES string of the molecule is COCCC1COC2(CCN(Cc3ccccc3F)C2)C1.O=C(O)C(F)(F)F. The van der Waals surface area contributed by atoms with Crippen LogP contribution >= 0.6 is 0 Å². The Kier molecular flexibility index (Phi) is 7.79. The van der Waals surface area contributed by atoms with Crippen molar-refractivity contribution >= 4 is 5.97 Å². The number of likely N-dealkylation sites (tertiary alicyclic amines) is 1. The van der Waals surface area contributed by atoms with Crippen molar-refractivity contribution in [3.05, 3.63) is 35.6 Å². The second-order valence-corrected chi connectivity index (χ2v) is 7.20. The monoisotopic (exact) mass is 407 g/mol. The third-order valence-corrected chi connectivity index (χ3v) is 5.01. The summed E-state index contributed by atoms with van der Waals surface area (Å²) in [4.78, 5) is 11.2. The van der Waals surface area contributed by atoms with Crippen molar-refractivity contribution in [2.24, 2.45) is 5.92 Å². The molecule has 0 radical (unpaired) electrons. The maximum absolute atomic E-state index is 13.7. The lowest BCUT2D eigenvalue weighted by molar-refractivity contribution is -0.192. The van der Waals surface area contributed by atoms with Crippen molar-refractivity contribution < 1.29 is 36.9 Å². The molecule has 0 saturated carbocycles. The van der Waals surface area contributed by atoms with Crippen molar-refractivity contribution in [2.75, 3.05) is 33.4 Å². The maximum Gasteiger partial charge on any atom is 0.490 e. The fourth-order valence-corrected chi connectivity index (χ4v) is 3.62. The highest BCUT2D eigenvalue weighted by Gasteiger charge is 2.45. The van der Waals surface area contributed by atoms with Gasteiger partial charge in [-0.1, -0.05) is 18.2 Å². The Labute approximate surface area is 161 Å². The summed E-state index contributed by atoms with van der Waals surface area (Å²) in [6, 6.07) is 7.05. The first-order valence-electron chi connectivity index (χ1n) is 9.04. The topological polar surface area (TPSA) is 59.0 Å². The normalized spacial score (nSPS) is 25.0. The molecule has 1 aromatic carbocycles. The van der Waals surface area contributed by atoms with Crippen LogP contribution in [0.25, 0.3) is 0 Å². The summed E-state index contributed by atoms with van der Waals surface area (Å²) in [6.45, 7) is 4.25. The average molecular weight is 407 g/mol. The minimum Gasteiger partial charge on any atom is -0.475 e. The Balaban J connectivity index is 0.000000345. The summed E-state index contributed by atoms with van der Waals surface area (Å²) in [5.41, 5.74) is 0.785. The van der Waals surface area contributed by atoms with Gasteiger partial charge in [0, 0.05) is 38.9 Å². The van der Waals surface area contributed by atoms with E-state index in [2.05, 4.69) is 4.90 Å². The molecule has 2 atom stereocenters. The number of carboxylic acids is 1. The molecule has 2 aliphatic heterocycles. The molecule has 2 aliphatic rings. The van der Waals surface area contributed by atoms with Gasteiger partial charge in [-0.2, -0.15) is 13.2 Å². The Morgan fingerprint density at radius 1 is 1.39 bits per heavy atom. The Hall–Kier alpha value is -1.71. The van der Waals surface area contributed by atoms with Gasteiger partial charge in [-0.3, -0.25) is 4.90 Å². The number of benzene rings is 1. The van der Waals surface area contributed by atoms with Gasteiger partial charge in [0.1, 0.15) is 5.82 Å². The van der Waals surface area contributed by atoms with Crippen LogP contribution in [0, 0.1) is 11.7 Å². The fraction of sp³-hybridized carbons (Fsp3) is 0.632. The zero-order chi connectivity index (χ0) is 20.8. The van der Waals surface area contributed by atoms with Gasteiger partial charge >= 0.3 is 12.1 Å². The summed E-state index contributed by atoms with van der Waals surface area (Å²) in [5, 5.41) is 7.12. The largest absolute Gasteiger partial charge is 0.490 e. The van der Waals surface area contributed by atoms with Gasteiger partial charge in [0.2, 0.25) is 0 Å². The maximum atomic E-state index is 13.7. The predicted molar refractivity (Wildman–Crippen MR) is 93.3 cm³/mol. The van der Waals surface area contributed by atoms with Gasteiger partial charge < -0.3 is 14.6 Å². The number of hydrogen-bond acceptors (Lipinski definition) is 4.